The Kier molecular flexibility index (Phi) is 6.27. The molecule has 0 saturated heterocycles. The van der Waals surface area contributed by atoms with Crippen LogP contribution in [-0.2, 0) is 14.8 Å². The highest BCUT2D eigenvalue weighted by atomic mass is 35.5. The van der Waals surface area contributed by atoms with Crippen LogP contribution in [0.25, 0.3) is 10.2 Å². The Balaban J connectivity index is 1.86. The monoisotopic (exact) mass is 449 g/mol. The number of hydrogen-bond donors (Lipinski definition) is 3. The molecule has 0 spiro atoms. The van der Waals surface area contributed by atoms with Gasteiger partial charge in [-0.2, -0.15) is 0 Å². The first-order chi connectivity index (χ1) is 13.7. The van der Waals surface area contributed by atoms with Crippen molar-refractivity contribution in [2.45, 2.75) is 24.2 Å². The number of unbranched alkanes of at least 4 members (excludes halogenated alkanes) is 1. The van der Waals surface area contributed by atoms with Crippen LogP contribution in [0, 0.1) is 11.8 Å². The average Bonchev–Trinajstić information content (AvgIpc) is 3.02. The maximum Gasteiger partial charge on any atom is 0.303 e. The second-order valence-electron chi connectivity index (χ2n) is 6.03. The van der Waals surface area contributed by atoms with Gasteiger partial charge in [-0.05, 0) is 42.8 Å². The molecule has 0 aliphatic heterocycles. The van der Waals surface area contributed by atoms with Crippen molar-refractivity contribution >= 4 is 60.0 Å². The van der Waals surface area contributed by atoms with Crippen molar-refractivity contribution in [3.63, 3.8) is 0 Å². The van der Waals surface area contributed by atoms with Gasteiger partial charge in [0, 0.05) is 17.9 Å². The van der Waals surface area contributed by atoms with E-state index in [2.05, 4.69) is 21.5 Å². The predicted molar refractivity (Wildman–Crippen MR) is 115 cm³/mol. The summed E-state index contributed by atoms with van der Waals surface area (Å²) in [6.45, 7) is 0. The van der Waals surface area contributed by atoms with Crippen molar-refractivity contribution in [2.75, 3.05) is 10.5 Å². The highest BCUT2D eigenvalue weighted by Gasteiger charge is 2.17. The number of carboxylic acids is 1. The van der Waals surface area contributed by atoms with Crippen LogP contribution in [-0.4, -0.2) is 24.5 Å². The van der Waals surface area contributed by atoms with Crippen molar-refractivity contribution in [3.8, 4) is 11.8 Å². The van der Waals surface area contributed by atoms with Crippen molar-refractivity contribution in [3.05, 3.63) is 47.0 Å². The third-order valence-corrected chi connectivity index (χ3v) is 6.27. The van der Waals surface area contributed by atoms with Gasteiger partial charge in [0.1, 0.15) is 0 Å². The summed E-state index contributed by atoms with van der Waals surface area (Å²) in [4.78, 5) is 14.7. The lowest BCUT2D eigenvalue weighted by Gasteiger charge is -2.10. The minimum atomic E-state index is -3.88. The maximum absolute atomic E-state index is 12.8. The molecule has 1 aromatic heterocycles. The zero-order valence-corrected chi connectivity index (χ0v) is 17.4. The molecule has 3 aromatic rings. The molecule has 2 aromatic carbocycles. The van der Waals surface area contributed by atoms with E-state index in [-0.39, 0.29) is 17.0 Å². The molecule has 0 radical (unpaired) electrons. The molecule has 7 nitrogen and oxygen atoms in total. The van der Waals surface area contributed by atoms with Gasteiger partial charge in [-0.1, -0.05) is 34.8 Å². The van der Waals surface area contributed by atoms with Crippen molar-refractivity contribution in [1.29, 1.82) is 0 Å². The van der Waals surface area contributed by atoms with Gasteiger partial charge in [0.25, 0.3) is 10.0 Å². The number of nitrogens with one attached hydrogen (secondary N) is 1. The molecular weight excluding hydrogens is 434 g/mol. The van der Waals surface area contributed by atoms with Crippen LogP contribution in [0.2, 0.25) is 5.02 Å². The summed E-state index contributed by atoms with van der Waals surface area (Å²) in [5.74, 6) is 4.82. The molecular formula is C19H16ClN3O4S2. The molecule has 0 atom stereocenters. The third-order valence-electron chi connectivity index (χ3n) is 3.83. The highest BCUT2D eigenvalue weighted by molar-refractivity contribution is 7.92. The minimum Gasteiger partial charge on any atom is -0.481 e. The van der Waals surface area contributed by atoms with Gasteiger partial charge in [0.2, 0.25) is 0 Å². The number of hydrogen-bond acceptors (Lipinski definition) is 6. The molecule has 10 heteroatoms. The second kappa shape index (κ2) is 8.69. The van der Waals surface area contributed by atoms with Crippen molar-refractivity contribution in [2.24, 2.45) is 0 Å². The molecule has 0 amide bonds. The van der Waals surface area contributed by atoms with E-state index in [0.29, 0.717) is 38.8 Å². The quantitative estimate of drug-likeness (QED) is 0.387. The third kappa shape index (κ3) is 5.38. The molecule has 0 aliphatic carbocycles. The summed E-state index contributed by atoms with van der Waals surface area (Å²) in [5, 5.41) is 9.43. The first-order valence-electron chi connectivity index (χ1n) is 8.44. The van der Waals surface area contributed by atoms with E-state index < -0.39 is 16.0 Å². The number of nitrogens with two attached hydrogens (primary N) is 1. The van der Waals surface area contributed by atoms with Crippen LogP contribution in [0.1, 0.15) is 24.8 Å². The number of benzene rings is 2. The summed E-state index contributed by atoms with van der Waals surface area (Å²) in [6, 6.07) is 9.21. The summed E-state index contributed by atoms with van der Waals surface area (Å²) in [7, 11) is -3.88. The number of sulfonamides is 1. The number of anilines is 2. The molecule has 0 saturated carbocycles. The smallest absolute Gasteiger partial charge is 0.303 e. The van der Waals surface area contributed by atoms with E-state index in [0.717, 1.165) is 0 Å². The highest BCUT2D eigenvalue weighted by Crippen LogP contribution is 2.28. The summed E-state index contributed by atoms with van der Waals surface area (Å²) in [5.41, 5.74) is 6.99. The Morgan fingerprint density at radius 2 is 2.07 bits per heavy atom. The first kappa shape index (κ1) is 20.9. The lowest BCUT2D eigenvalue weighted by atomic mass is 10.1. The van der Waals surface area contributed by atoms with E-state index in [1.165, 1.54) is 29.5 Å². The molecule has 4 N–H and O–H groups in total. The summed E-state index contributed by atoms with van der Waals surface area (Å²) >= 11 is 7.22. The SMILES string of the molecule is Nc1nc2ccc(S(=O)(=O)Nc3ccc(Cl)cc3C#CCCCC(=O)O)cc2s1. The molecule has 3 rings (SSSR count). The van der Waals surface area contributed by atoms with Crippen molar-refractivity contribution < 1.29 is 18.3 Å². The Labute approximate surface area is 176 Å². The van der Waals surface area contributed by atoms with Crippen LogP contribution in [0.15, 0.2) is 41.3 Å². The van der Waals surface area contributed by atoms with Crippen molar-refractivity contribution in [1.82, 2.24) is 4.98 Å². The molecule has 0 bridgehead atoms. The summed E-state index contributed by atoms with van der Waals surface area (Å²) in [6.07, 6.45) is 0.796. The number of aliphatic carboxylic acids is 1. The number of thiazole rings is 1. The molecule has 0 unspecified atom stereocenters. The average molecular weight is 450 g/mol. The van der Waals surface area contributed by atoms with Gasteiger partial charge < -0.3 is 10.8 Å². The Morgan fingerprint density at radius 1 is 1.28 bits per heavy atom. The number of aromatic nitrogens is 1. The molecule has 150 valence electrons. The maximum atomic E-state index is 12.8. The number of carboxylic acid groups (broad SMARTS) is 1. The first-order valence-corrected chi connectivity index (χ1v) is 11.1. The number of fused-ring (bicyclic) bond motifs is 1. The fourth-order valence-electron chi connectivity index (χ4n) is 2.49. The Morgan fingerprint density at radius 3 is 2.83 bits per heavy atom. The number of nitrogen functional groups attached to an aromatic ring is 1. The fraction of sp³-hybridized carbons (Fsp3) is 0.158. The van der Waals surface area contributed by atoms with E-state index in [9.17, 15) is 13.2 Å². The number of rotatable bonds is 6. The van der Waals surface area contributed by atoms with Gasteiger partial charge in [-0.3, -0.25) is 9.52 Å². The second-order valence-corrected chi connectivity index (χ2v) is 9.21. The van der Waals surface area contributed by atoms with Gasteiger partial charge in [-0.25, -0.2) is 13.4 Å². The number of halogens is 1. The number of carbonyl (C=O) groups is 1. The zero-order chi connectivity index (χ0) is 21.0. The molecule has 1 heterocycles. The minimum absolute atomic E-state index is 0.0221. The normalized spacial score (nSPS) is 11.1. The van der Waals surface area contributed by atoms with E-state index in [1.54, 1.807) is 18.2 Å². The topological polar surface area (TPSA) is 122 Å². The standard InChI is InChI=1S/C19H16ClN3O4S2/c20-13-6-8-15(12(10-13)4-2-1-3-5-18(24)25)23-29(26,27)14-7-9-16-17(11-14)28-19(21)22-16/h6-11,23H,1,3,5H2,(H2,21,22)(H,24,25). The van der Waals surface area contributed by atoms with E-state index in [4.69, 9.17) is 22.4 Å². The lowest BCUT2D eigenvalue weighted by Crippen LogP contribution is -2.13. The predicted octanol–water partition coefficient (Wildman–Crippen LogP) is 3.94. The lowest BCUT2D eigenvalue weighted by molar-refractivity contribution is -0.137. The zero-order valence-electron chi connectivity index (χ0n) is 15.0. The summed E-state index contributed by atoms with van der Waals surface area (Å²) < 4.78 is 28.9. The van der Waals surface area contributed by atoms with E-state index >= 15 is 0 Å². The van der Waals surface area contributed by atoms with Crippen LogP contribution in [0.4, 0.5) is 10.8 Å². The van der Waals surface area contributed by atoms with E-state index in [1.807, 2.05) is 0 Å². The van der Waals surface area contributed by atoms with Gasteiger partial charge in [-0.15, -0.1) is 0 Å². The molecule has 0 fully saturated rings. The largest absolute Gasteiger partial charge is 0.481 e. The van der Waals surface area contributed by atoms with Gasteiger partial charge in [0.05, 0.1) is 26.4 Å². The van der Waals surface area contributed by atoms with Crippen LogP contribution in [0.5, 0.6) is 0 Å². The Hall–Kier alpha value is -2.80. The molecule has 29 heavy (non-hydrogen) atoms. The van der Waals surface area contributed by atoms with Crippen LogP contribution in [0.3, 0.4) is 0 Å². The Bertz CT molecular complexity index is 1240. The van der Waals surface area contributed by atoms with Crippen LogP contribution >= 0.6 is 22.9 Å². The molecule has 0 aliphatic rings. The van der Waals surface area contributed by atoms with Gasteiger partial charge >= 0.3 is 5.97 Å². The van der Waals surface area contributed by atoms with Crippen LogP contribution < -0.4 is 10.5 Å². The fourth-order valence-corrected chi connectivity index (χ4v) is 4.61. The van der Waals surface area contributed by atoms with Gasteiger partial charge in [0.15, 0.2) is 5.13 Å². The number of nitrogens with zero attached hydrogens (tertiary/aromatic N) is 1.